The molecule has 1 aromatic carbocycles. The minimum absolute atomic E-state index is 0.104. The highest BCUT2D eigenvalue weighted by Gasteiger charge is 2.21. The molecule has 1 aromatic rings. The van der Waals surface area contributed by atoms with Crippen molar-refractivity contribution in [1.82, 2.24) is 9.80 Å². The normalized spacial score (nSPS) is 16.9. The van der Waals surface area contributed by atoms with E-state index in [1.807, 2.05) is 23.8 Å². The van der Waals surface area contributed by atoms with Crippen LogP contribution in [0.15, 0.2) is 24.3 Å². The summed E-state index contributed by atoms with van der Waals surface area (Å²) in [6.45, 7) is 4.22. The fourth-order valence-corrected chi connectivity index (χ4v) is 2.41. The van der Waals surface area contributed by atoms with Crippen LogP contribution in [0.25, 0.3) is 0 Å². The Bertz CT molecular complexity index is 426. The van der Waals surface area contributed by atoms with Crippen LogP contribution >= 0.6 is 0 Å². The number of carbonyl (C=O) groups excluding carboxylic acids is 1. The quantitative estimate of drug-likeness (QED) is 0.834. The van der Waals surface area contributed by atoms with Gasteiger partial charge in [-0.1, -0.05) is 12.1 Å². The second kappa shape index (κ2) is 6.15. The third-order valence-corrected chi connectivity index (χ3v) is 3.86. The number of benzene rings is 1. The van der Waals surface area contributed by atoms with Crippen LogP contribution < -0.4 is 0 Å². The molecule has 0 saturated carbocycles. The lowest BCUT2D eigenvalue weighted by atomic mass is 10.1. The van der Waals surface area contributed by atoms with Gasteiger partial charge in [-0.05, 0) is 44.5 Å². The van der Waals surface area contributed by atoms with Crippen LogP contribution in [0.5, 0.6) is 0 Å². The molecular weight excluding hydrogens is 243 g/mol. The number of nitrogens with zero attached hydrogens (tertiary/aromatic N) is 2. The van der Waals surface area contributed by atoms with Gasteiger partial charge in [-0.3, -0.25) is 9.69 Å². The summed E-state index contributed by atoms with van der Waals surface area (Å²) in [5, 5.41) is 0. The van der Waals surface area contributed by atoms with Crippen molar-refractivity contribution in [3.05, 3.63) is 35.6 Å². The molecule has 1 fully saturated rings. The molecule has 1 saturated heterocycles. The maximum atomic E-state index is 12.9. The van der Waals surface area contributed by atoms with E-state index in [9.17, 15) is 9.18 Å². The molecule has 0 radical (unpaired) electrons. The van der Waals surface area contributed by atoms with Crippen molar-refractivity contribution in [2.45, 2.75) is 25.8 Å². The van der Waals surface area contributed by atoms with E-state index in [0.29, 0.717) is 6.54 Å². The molecular formula is C15H21FN2O. The van der Waals surface area contributed by atoms with Crippen LogP contribution in [-0.4, -0.2) is 42.4 Å². The third-order valence-electron chi connectivity index (χ3n) is 3.86. The molecule has 0 aromatic heterocycles. The zero-order valence-electron chi connectivity index (χ0n) is 11.6. The second-order valence-corrected chi connectivity index (χ2v) is 5.23. The Morgan fingerprint density at radius 2 is 1.89 bits per heavy atom. The van der Waals surface area contributed by atoms with Gasteiger partial charge in [-0.15, -0.1) is 0 Å². The van der Waals surface area contributed by atoms with Crippen molar-refractivity contribution < 1.29 is 9.18 Å². The number of hydrogen-bond acceptors (Lipinski definition) is 2. The summed E-state index contributed by atoms with van der Waals surface area (Å²) in [5.41, 5.74) is 1.03. The largest absolute Gasteiger partial charge is 0.342 e. The van der Waals surface area contributed by atoms with Gasteiger partial charge in [0.05, 0.1) is 6.54 Å². The molecule has 0 N–H and O–H groups in total. The zero-order chi connectivity index (χ0) is 13.8. The van der Waals surface area contributed by atoms with Gasteiger partial charge in [0.15, 0.2) is 0 Å². The molecule has 19 heavy (non-hydrogen) atoms. The first kappa shape index (κ1) is 14.0. The van der Waals surface area contributed by atoms with Crippen molar-refractivity contribution in [2.24, 2.45) is 0 Å². The van der Waals surface area contributed by atoms with E-state index in [2.05, 4.69) is 0 Å². The Labute approximate surface area is 114 Å². The second-order valence-electron chi connectivity index (χ2n) is 5.23. The molecule has 4 heteroatoms. The fraction of sp³-hybridized carbons (Fsp3) is 0.533. The summed E-state index contributed by atoms with van der Waals surface area (Å²) in [5.74, 6) is -0.0410. The van der Waals surface area contributed by atoms with Crippen LogP contribution in [0.1, 0.15) is 31.4 Å². The summed E-state index contributed by atoms with van der Waals surface area (Å²) >= 11 is 0. The van der Waals surface area contributed by atoms with Crippen molar-refractivity contribution in [3.8, 4) is 0 Å². The van der Waals surface area contributed by atoms with Gasteiger partial charge in [0.2, 0.25) is 5.91 Å². The average molecular weight is 264 g/mol. The summed E-state index contributed by atoms with van der Waals surface area (Å²) in [4.78, 5) is 16.0. The van der Waals surface area contributed by atoms with Gasteiger partial charge in [0, 0.05) is 19.1 Å². The van der Waals surface area contributed by atoms with Crippen molar-refractivity contribution in [1.29, 1.82) is 0 Å². The van der Waals surface area contributed by atoms with E-state index < -0.39 is 0 Å². The molecule has 1 aliphatic rings. The van der Waals surface area contributed by atoms with E-state index in [0.717, 1.165) is 31.5 Å². The topological polar surface area (TPSA) is 23.6 Å². The van der Waals surface area contributed by atoms with Crippen molar-refractivity contribution in [2.75, 3.05) is 26.7 Å². The third kappa shape index (κ3) is 3.53. The fourth-order valence-electron chi connectivity index (χ4n) is 2.41. The number of carbonyl (C=O) groups is 1. The minimum atomic E-state index is -0.230. The van der Waals surface area contributed by atoms with E-state index >= 15 is 0 Å². The monoisotopic (exact) mass is 264 g/mol. The lowest BCUT2D eigenvalue weighted by molar-refractivity contribution is -0.131. The summed E-state index contributed by atoms with van der Waals surface area (Å²) in [7, 11) is 1.93. The van der Waals surface area contributed by atoms with Crippen LogP contribution in [0, 0.1) is 5.82 Å². The Kier molecular flexibility index (Phi) is 4.53. The summed E-state index contributed by atoms with van der Waals surface area (Å²) in [6, 6.07) is 6.57. The van der Waals surface area contributed by atoms with Crippen LogP contribution in [-0.2, 0) is 4.79 Å². The Hall–Kier alpha value is -1.42. The molecule has 0 aliphatic carbocycles. The highest BCUT2D eigenvalue weighted by Crippen LogP contribution is 2.19. The molecule has 104 valence electrons. The van der Waals surface area contributed by atoms with Gasteiger partial charge in [-0.25, -0.2) is 4.39 Å². The van der Waals surface area contributed by atoms with Crippen molar-refractivity contribution >= 4 is 5.91 Å². The average Bonchev–Trinajstić information content (AvgIpc) is 2.92. The molecule has 2 rings (SSSR count). The molecule has 0 spiro atoms. The van der Waals surface area contributed by atoms with E-state index in [1.165, 1.54) is 12.1 Å². The standard InChI is InChI=1S/C15H21FN2O/c1-12(13-5-7-14(16)8-6-13)17(2)11-15(19)18-9-3-4-10-18/h5-8,12H,3-4,9-11H2,1-2H3/t12-/m1/s1. The van der Waals surface area contributed by atoms with Crippen molar-refractivity contribution in [3.63, 3.8) is 0 Å². The number of halogens is 1. The predicted molar refractivity (Wildman–Crippen MR) is 73.3 cm³/mol. The van der Waals surface area contributed by atoms with Crippen LogP contribution in [0.4, 0.5) is 4.39 Å². The predicted octanol–water partition coefficient (Wildman–Crippen LogP) is 2.44. The number of hydrogen-bond donors (Lipinski definition) is 0. The lowest BCUT2D eigenvalue weighted by Crippen LogP contribution is -2.38. The zero-order valence-corrected chi connectivity index (χ0v) is 11.6. The number of likely N-dealkylation sites (tertiary alicyclic amines) is 1. The van der Waals surface area contributed by atoms with Gasteiger partial charge in [0.25, 0.3) is 0 Å². The first-order chi connectivity index (χ1) is 9.08. The minimum Gasteiger partial charge on any atom is -0.342 e. The Morgan fingerprint density at radius 3 is 2.47 bits per heavy atom. The molecule has 3 nitrogen and oxygen atoms in total. The maximum Gasteiger partial charge on any atom is 0.236 e. The van der Waals surface area contributed by atoms with E-state index in [-0.39, 0.29) is 17.8 Å². The van der Waals surface area contributed by atoms with Crippen LogP contribution in [0.3, 0.4) is 0 Å². The van der Waals surface area contributed by atoms with Gasteiger partial charge in [0.1, 0.15) is 5.82 Å². The highest BCUT2D eigenvalue weighted by molar-refractivity contribution is 5.78. The molecule has 0 unspecified atom stereocenters. The lowest BCUT2D eigenvalue weighted by Gasteiger charge is -2.26. The maximum absolute atomic E-state index is 12.9. The van der Waals surface area contributed by atoms with Gasteiger partial charge >= 0.3 is 0 Å². The molecule has 1 atom stereocenters. The molecule has 1 amide bonds. The number of rotatable bonds is 4. The first-order valence-electron chi connectivity index (χ1n) is 6.81. The van der Waals surface area contributed by atoms with E-state index in [4.69, 9.17) is 0 Å². The Morgan fingerprint density at radius 1 is 1.32 bits per heavy atom. The Balaban J connectivity index is 1.93. The van der Waals surface area contributed by atoms with E-state index in [1.54, 1.807) is 12.1 Å². The summed E-state index contributed by atoms with van der Waals surface area (Å²) < 4.78 is 12.9. The van der Waals surface area contributed by atoms with Gasteiger partial charge < -0.3 is 4.90 Å². The number of likely N-dealkylation sites (N-methyl/N-ethyl adjacent to an activating group) is 1. The molecule has 0 bridgehead atoms. The number of amides is 1. The van der Waals surface area contributed by atoms with Crippen LogP contribution in [0.2, 0.25) is 0 Å². The van der Waals surface area contributed by atoms with Gasteiger partial charge in [-0.2, -0.15) is 0 Å². The molecule has 1 aliphatic heterocycles. The summed E-state index contributed by atoms with van der Waals surface area (Å²) in [6.07, 6.45) is 2.23. The first-order valence-corrected chi connectivity index (χ1v) is 6.81. The SMILES string of the molecule is C[C@H](c1ccc(F)cc1)N(C)CC(=O)N1CCCC1. The smallest absolute Gasteiger partial charge is 0.236 e. The molecule has 1 heterocycles. The highest BCUT2D eigenvalue weighted by atomic mass is 19.1.